The fourth-order valence-corrected chi connectivity index (χ4v) is 5.60. The molecule has 0 aliphatic rings. The third-order valence-corrected chi connectivity index (χ3v) is 8.66. The molecular weight excluding hydrogens is 558 g/mol. The Bertz CT molecular complexity index is 1530. The summed E-state index contributed by atoms with van der Waals surface area (Å²) < 4.78 is 38.3. The molecule has 3 N–H and O–H groups in total. The van der Waals surface area contributed by atoms with Crippen molar-refractivity contribution in [2.75, 3.05) is 31.6 Å². The average molecular weight is 596 g/mol. The average Bonchev–Trinajstić information content (AvgIpc) is 2.98. The van der Waals surface area contributed by atoms with Crippen LogP contribution in [-0.4, -0.2) is 63.6 Å². The summed E-state index contributed by atoms with van der Waals surface area (Å²) in [7, 11) is -1.12. The second-order valence-corrected chi connectivity index (χ2v) is 12.5. The Morgan fingerprint density at radius 1 is 1.10 bits per heavy atom. The Kier molecular flexibility index (Phi) is 10.9. The number of β-amino-alcohol motifs (C(OH)–C–C–N with tert-alkyl or cyclic N) is 1. The van der Waals surface area contributed by atoms with Gasteiger partial charge in [0.15, 0.2) is 0 Å². The number of rotatable bonds is 15. The van der Waals surface area contributed by atoms with Crippen molar-refractivity contribution in [2.24, 2.45) is 0 Å². The molecule has 0 saturated heterocycles. The molecular formula is C31H37N3O7S. The number of carbonyl (C=O) groups is 1. The fraction of sp³-hybridized carbons (Fsp3) is 0.355. The highest BCUT2D eigenvalue weighted by atomic mass is 32.2. The van der Waals surface area contributed by atoms with Crippen molar-refractivity contribution in [3.8, 4) is 17.6 Å². The number of benzene rings is 3. The second kappa shape index (κ2) is 14.2. The van der Waals surface area contributed by atoms with Crippen LogP contribution in [0.2, 0.25) is 0 Å². The van der Waals surface area contributed by atoms with Gasteiger partial charge in [-0.1, -0.05) is 24.3 Å². The van der Waals surface area contributed by atoms with Gasteiger partial charge >= 0.3 is 5.97 Å². The number of hydrogen-bond acceptors (Lipinski definition) is 8. The number of nitrogens with zero attached hydrogens (tertiary/aromatic N) is 2. The minimum absolute atomic E-state index is 0.0750. The molecule has 0 unspecified atom stereocenters. The number of aromatic carboxylic acids is 1. The van der Waals surface area contributed by atoms with Crippen molar-refractivity contribution in [3.05, 3.63) is 83.4 Å². The predicted octanol–water partition coefficient (Wildman–Crippen LogP) is 4.22. The van der Waals surface area contributed by atoms with Gasteiger partial charge in [0.1, 0.15) is 30.3 Å². The number of nitriles is 1. The molecule has 3 aromatic rings. The maximum Gasteiger partial charge on any atom is 0.335 e. The van der Waals surface area contributed by atoms with Gasteiger partial charge in [0.2, 0.25) is 0 Å². The SMILES string of the molecule is COc1ccccc1CCCC(C)(C)NC[C@@H](O)COc1ccc(N(C)S(=O)(=O)c2cccc(C(=O)O)c2)cc1C#N. The van der Waals surface area contributed by atoms with Crippen molar-refractivity contribution in [1.82, 2.24) is 5.32 Å². The lowest BCUT2D eigenvalue weighted by molar-refractivity contribution is 0.0696. The lowest BCUT2D eigenvalue weighted by atomic mass is 9.95. The van der Waals surface area contributed by atoms with Crippen LogP contribution in [0.25, 0.3) is 0 Å². The number of para-hydroxylation sites is 1. The zero-order chi connectivity index (χ0) is 30.9. The molecule has 0 spiro atoms. The number of nitrogens with one attached hydrogen (secondary N) is 1. The van der Waals surface area contributed by atoms with Gasteiger partial charge < -0.3 is 25.0 Å². The standard InChI is InChI=1S/C31H37N3O7S/c1-31(2,16-8-11-22-9-5-6-13-28(22)40-4)33-20-26(35)21-41-29-15-14-25(17-24(29)19-32)34(3)42(38,39)27-12-7-10-23(18-27)30(36)37/h5-7,9-10,12-15,17-18,26,33,35H,8,11,16,20-21H2,1-4H3,(H,36,37)/t26-/m1/s1. The predicted molar refractivity (Wildman–Crippen MR) is 160 cm³/mol. The molecule has 3 aromatic carbocycles. The van der Waals surface area contributed by atoms with E-state index in [0.717, 1.165) is 40.9 Å². The van der Waals surface area contributed by atoms with E-state index in [2.05, 4.69) is 25.2 Å². The quantitative estimate of drug-likeness (QED) is 0.235. The summed E-state index contributed by atoms with van der Waals surface area (Å²) in [6, 6.07) is 19.3. The number of methoxy groups -OCH3 is 1. The lowest BCUT2D eigenvalue weighted by Crippen LogP contribution is -2.44. The Hall–Kier alpha value is -4.11. The molecule has 42 heavy (non-hydrogen) atoms. The molecule has 0 amide bonds. The van der Waals surface area contributed by atoms with E-state index in [4.69, 9.17) is 9.47 Å². The van der Waals surface area contributed by atoms with Gasteiger partial charge in [-0.2, -0.15) is 5.26 Å². The van der Waals surface area contributed by atoms with Gasteiger partial charge in [-0.3, -0.25) is 4.31 Å². The van der Waals surface area contributed by atoms with E-state index in [1.165, 1.54) is 43.4 Å². The fourth-order valence-electron chi connectivity index (χ4n) is 4.37. The first-order valence-electron chi connectivity index (χ1n) is 13.4. The normalized spacial score (nSPS) is 12.3. The first-order chi connectivity index (χ1) is 19.9. The van der Waals surface area contributed by atoms with Crippen LogP contribution in [0.4, 0.5) is 5.69 Å². The summed E-state index contributed by atoms with van der Waals surface area (Å²) in [5, 5.41) is 32.8. The van der Waals surface area contributed by atoms with Gasteiger partial charge in [-0.15, -0.1) is 0 Å². The molecule has 0 heterocycles. The van der Waals surface area contributed by atoms with E-state index in [1.807, 2.05) is 24.3 Å². The van der Waals surface area contributed by atoms with Gasteiger partial charge in [-0.25, -0.2) is 13.2 Å². The van der Waals surface area contributed by atoms with Crippen LogP contribution in [0.15, 0.2) is 71.6 Å². The van der Waals surface area contributed by atoms with Gasteiger partial charge in [0, 0.05) is 19.1 Å². The van der Waals surface area contributed by atoms with E-state index in [1.54, 1.807) is 7.11 Å². The summed E-state index contributed by atoms with van der Waals surface area (Å²) in [6.45, 7) is 4.34. The smallest absolute Gasteiger partial charge is 0.335 e. The number of ether oxygens (including phenoxy) is 2. The zero-order valence-corrected chi connectivity index (χ0v) is 25.0. The third kappa shape index (κ3) is 8.45. The van der Waals surface area contributed by atoms with E-state index in [9.17, 15) is 28.7 Å². The van der Waals surface area contributed by atoms with E-state index in [0.29, 0.717) is 0 Å². The van der Waals surface area contributed by atoms with E-state index >= 15 is 0 Å². The van der Waals surface area contributed by atoms with Crippen molar-refractivity contribution in [1.29, 1.82) is 5.26 Å². The number of hydrogen-bond donors (Lipinski definition) is 3. The molecule has 0 aliphatic heterocycles. The topological polar surface area (TPSA) is 149 Å². The number of aryl methyl sites for hydroxylation is 1. The molecule has 224 valence electrons. The minimum atomic E-state index is -4.09. The van der Waals surface area contributed by atoms with Crippen LogP contribution in [-0.2, 0) is 16.4 Å². The van der Waals surface area contributed by atoms with Crippen LogP contribution in [0.5, 0.6) is 11.5 Å². The van der Waals surface area contributed by atoms with Crippen LogP contribution in [0, 0.1) is 11.3 Å². The molecule has 0 radical (unpaired) electrons. The Morgan fingerprint density at radius 3 is 2.52 bits per heavy atom. The summed E-state index contributed by atoms with van der Waals surface area (Å²) in [4.78, 5) is 11.1. The third-order valence-electron chi connectivity index (χ3n) is 6.87. The van der Waals surface area contributed by atoms with Crippen LogP contribution >= 0.6 is 0 Å². The number of sulfonamides is 1. The maximum atomic E-state index is 13.1. The summed E-state index contributed by atoms with van der Waals surface area (Å²) in [6.07, 6.45) is 1.82. The first kappa shape index (κ1) is 32.4. The second-order valence-electron chi connectivity index (χ2n) is 10.5. The van der Waals surface area contributed by atoms with Gasteiger partial charge in [0.05, 0.1) is 28.8 Å². The molecule has 0 aromatic heterocycles. The number of carboxylic acids is 1. The first-order valence-corrected chi connectivity index (χ1v) is 14.9. The Morgan fingerprint density at radius 2 is 1.83 bits per heavy atom. The number of anilines is 1. The molecule has 0 saturated carbocycles. The Balaban J connectivity index is 1.56. The number of aliphatic hydroxyl groups excluding tert-OH is 1. The molecule has 0 bridgehead atoms. The molecule has 0 aliphatic carbocycles. The Labute approximate surface area is 247 Å². The van der Waals surface area contributed by atoms with Crippen molar-refractivity contribution < 1.29 is 32.9 Å². The van der Waals surface area contributed by atoms with Crippen molar-refractivity contribution in [2.45, 2.75) is 49.6 Å². The van der Waals surface area contributed by atoms with E-state index in [-0.39, 0.29) is 46.1 Å². The monoisotopic (exact) mass is 595 g/mol. The zero-order valence-electron chi connectivity index (χ0n) is 24.2. The minimum Gasteiger partial charge on any atom is -0.496 e. The highest BCUT2D eigenvalue weighted by Gasteiger charge is 2.24. The number of aliphatic hydroxyl groups is 1. The van der Waals surface area contributed by atoms with E-state index < -0.39 is 22.1 Å². The molecule has 0 fully saturated rings. The van der Waals surface area contributed by atoms with Crippen LogP contribution in [0.1, 0.15) is 48.2 Å². The van der Waals surface area contributed by atoms with Crippen LogP contribution in [0.3, 0.4) is 0 Å². The highest BCUT2D eigenvalue weighted by Crippen LogP contribution is 2.28. The summed E-state index contributed by atoms with van der Waals surface area (Å²) in [5.41, 5.74) is 1.04. The molecule has 11 heteroatoms. The summed E-state index contributed by atoms with van der Waals surface area (Å²) in [5.74, 6) is -0.164. The summed E-state index contributed by atoms with van der Waals surface area (Å²) >= 11 is 0. The van der Waals surface area contributed by atoms with Gasteiger partial charge in [0.25, 0.3) is 10.0 Å². The maximum absolute atomic E-state index is 13.1. The van der Waals surface area contributed by atoms with Crippen molar-refractivity contribution in [3.63, 3.8) is 0 Å². The lowest BCUT2D eigenvalue weighted by Gasteiger charge is -2.28. The van der Waals surface area contributed by atoms with Crippen LogP contribution < -0.4 is 19.1 Å². The largest absolute Gasteiger partial charge is 0.496 e. The molecule has 3 rings (SSSR count). The molecule has 1 atom stereocenters. The number of carboxylic acid groups (broad SMARTS) is 1. The molecule has 10 nitrogen and oxygen atoms in total. The van der Waals surface area contributed by atoms with Crippen molar-refractivity contribution >= 4 is 21.7 Å². The highest BCUT2D eigenvalue weighted by molar-refractivity contribution is 7.92. The van der Waals surface area contributed by atoms with Gasteiger partial charge in [-0.05, 0) is 81.1 Å².